The van der Waals surface area contributed by atoms with E-state index >= 15 is 0 Å². The lowest BCUT2D eigenvalue weighted by molar-refractivity contribution is 0.415. The smallest absolute Gasteiger partial charge is 0.119 e. The number of benzene rings is 2. The van der Waals surface area contributed by atoms with E-state index in [1.165, 1.54) is 5.56 Å². The van der Waals surface area contributed by atoms with Gasteiger partial charge in [0.25, 0.3) is 0 Å². The summed E-state index contributed by atoms with van der Waals surface area (Å²) in [6.45, 7) is 1.37. The van der Waals surface area contributed by atoms with Crippen LogP contribution >= 0.6 is 0 Å². The van der Waals surface area contributed by atoms with Gasteiger partial charge in [0.05, 0.1) is 7.11 Å². The van der Waals surface area contributed by atoms with E-state index in [0.717, 1.165) is 23.5 Å². The number of hydrogen-bond acceptors (Lipinski definition) is 3. The minimum atomic E-state index is 0.580. The summed E-state index contributed by atoms with van der Waals surface area (Å²) in [5, 5.41) is 3.37. The van der Waals surface area contributed by atoms with Crippen LogP contribution in [0.2, 0.25) is 0 Å². The number of rotatable bonds is 5. The third kappa shape index (κ3) is 3.25. The highest BCUT2D eigenvalue weighted by molar-refractivity contribution is 5.46. The lowest BCUT2D eigenvalue weighted by Gasteiger charge is -2.08. The molecule has 3 heteroatoms. The molecule has 0 aromatic heterocycles. The van der Waals surface area contributed by atoms with Gasteiger partial charge in [-0.3, -0.25) is 0 Å². The fourth-order valence-corrected chi connectivity index (χ4v) is 1.78. The molecule has 0 spiro atoms. The third-order valence-electron chi connectivity index (χ3n) is 2.81. The van der Waals surface area contributed by atoms with Crippen LogP contribution in [0.25, 0.3) is 0 Å². The van der Waals surface area contributed by atoms with E-state index < -0.39 is 0 Å². The van der Waals surface area contributed by atoms with Crippen molar-refractivity contribution in [2.45, 2.75) is 13.1 Å². The fourth-order valence-electron chi connectivity index (χ4n) is 1.78. The van der Waals surface area contributed by atoms with E-state index in [-0.39, 0.29) is 0 Å². The first-order chi connectivity index (χ1) is 8.81. The Balaban J connectivity index is 1.97. The molecule has 0 heterocycles. The molecule has 18 heavy (non-hydrogen) atoms. The van der Waals surface area contributed by atoms with Gasteiger partial charge < -0.3 is 15.8 Å². The average Bonchev–Trinajstić information content (AvgIpc) is 2.46. The van der Waals surface area contributed by atoms with Gasteiger partial charge in [-0.2, -0.15) is 0 Å². The molecular formula is C15H18N2O. The van der Waals surface area contributed by atoms with E-state index in [9.17, 15) is 0 Å². The first-order valence-corrected chi connectivity index (χ1v) is 5.97. The Labute approximate surface area is 108 Å². The molecule has 0 fully saturated rings. The van der Waals surface area contributed by atoms with Crippen molar-refractivity contribution in [3.05, 3.63) is 59.7 Å². The van der Waals surface area contributed by atoms with Gasteiger partial charge in [-0.25, -0.2) is 0 Å². The molecule has 94 valence electrons. The van der Waals surface area contributed by atoms with Gasteiger partial charge in [0.15, 0.2) is 0 Å². The van der Waals surface area contributed by atoms with Gasteiger partial charge in [0.2, 0.25) is 0 Å². The van der Waals surface area contributed by atoms with Crippen LogP contribution < -0.4 is 15.8 Å². The second-order valence-corrected chi connectivity index (χ2v) is 4.11. The van der Waals surface area contributed by atoms with Gasteiger partial charge >= 0.3 is 0 Å². The first-order valence-electron chi connectivity index (χ1n) is 5.97. The van der Waals surface area contributed by atoms with E-state index in [0.29, 0.717) is 6.54 Å². The standard InChI is InChI=1S/C15H18N2O/c1-18-15-7-5-14(6-8-15)17-11-13-4-2-3-12(9-13)10-16/h2-9,17H,10-11,16H2,1H3. The molecule has 0 aliphatic carbocycles. The average molecular weight is 242 g/mol. The normalized spacial score (nSPS) is 10.1. The van der Waals surface area contributed by atoms with Crippen LogP contribution in [0.3, 0.4) is 0 Å². The Kier molecular flexibility index (Phi) is 4.20. The molecule has 3 nitrogen and oxygen atoms in total. The number of ether oxygens (including phenoxy) is 1. The van der Waals surface area contributed by atoms with E-state index in [4.69, 9.17) is 10.5 Å². The quantitative estimate of drug-likeness (QED) is 0.847. The molecule has 0 radical (unpaired) electrons. The van der Waals surface area contributed by atoms with E-state index in [1.54, 1.807) is 7.11 Å². The van der Waals surface area contributed by atoms with E-state index in [2.05, 4.69) is 17.4 Å². The lowest BCUT2D eigenvalue weighted by atomic mass is 10.1. The molecule has 0 saturated carbocycles. The summed E-state index contributed by atoms with van der Waals surface area (Å²) in [6, 6.07) is 16.2. The van der Waals surface area contributed by atoms with Crippen LogP contribution in [0.1, 0.15) is 11.1 Å². The zero-order valence-electron chi connectivity index (χ0n) is 10.5. The largest absolute Gasteiger partial charge is 0.497 e. The molecule has 2 rings (SSSR count). The summed E-state index contributed by atoms with van der Waals surface area (Å²) in [5.74, 6) is 0.866. The van der Waals surface area contributed by atoms with Gasteiger partial charge in [-0.15, -0.1) is 0 Å². The number of anilines is 1. The molecule has 0 saturated heterocycles. The maximum Gasteiger partial charge on any atom is 0.119 e. The summed E-state index contributed by atoms with van der Waals surface area (Å²) in [5.41, 5.74) is 9.09. The van der Waals surface area contributed by atoms with Gasteiger partial charge in [-0.1, -0.05) is 24.3 Å². The molecular weight excluding hydrogens is 224 g/mol. The predicted octanol–water partition coefficient (Wildman–Crippen LogP) is 2.77. The molecule has 2 aromatic rings. The van der Waals surface area contributed by atoms with Crippen molar-refractivity contribution in [1.29, 1.82) is 0 Å². The summed E-state index contributed by atoms with van der Waals surface area (Å²) in [6.07, 6.45) is 0. The van der Waals surface area contributed by atoms with Crippen molar-refractivity contribution in [3.8, 4) is 5.75 Å². The fraction of sp³-hybridized carbons (Fsp3) is 0.200. The highest BCUT2D eigenvalue weighted by Crippen LogP contribution is 2.16. The maximum absolute atomic E-state index is 5.62. The van der Waals surface area contributed by atoms with Crippen LogP contribution in [-0.4, -0.2) is 7.11 Å². The Hall–Kier alpha value is -2.00. The molecule has 0 bridgehead atoms. The van der Waals surface area contributed by atoms with Crippen LogP contribution in [0.15, 0.2) is 48.5 Å². The number of hydrogen-bond donors (Lipinski definition) is 2. The van der Waals surface area contributed by atoms with Gasteiger partial charge in [-0.05, 0) is 35.4 Å². The van der Waals surface area contributed by atoms with Gasteiger partial charge in [0, 0.05) is 18.8 Å². The molecule has 3 N–H and O–H groups in total. The second-order valence-electron chi connectivity index (χ2n) is 4.11. The zero-order chi connectivity index (χ0) is 12.8. The monoisotopic (exact) mass is 242 g/mol. The third-order valence-corrected chi connectivity index (χ3v) is 2.81. The molecule has 0 amide bonds. The number of nitrogens with two attached hydrogens (primary N) is 1. The number of nitrogens with one attached hydrogen (secondary N) is 1. The highest BCUT2D eigenvalue weighted by Gasteiger charge is 1.96. The molecule has 2 aromatic carbocycles. The van der Waals surface area contributed by atoms with Gasteiger partial charge in [0.1, 0.15) is 5.75 Å². The van der Waals surface area contributed by atoms with Crippen molar-refractivity contribution in [2.24, 2.45) is 5.73 Å². The summed E-state index contributed by atoms with van der Waals surface area (Å²) < 4.78 is 5.12. The van der Waals surface area contributed by atoms with Crippen molar-refractivity contribution in [2.75, 3.05) is 12.4 Å². The Morgan fingerprint density at radius 3 is 2.44 bits per heavy atom. The lowest BCUT2D eigenvalue weighted by Crippen LogP contribution is -2.01. The maximum atomic E-state index is 5.62. The molecule has 0 unspecified atom stereocenters. The van der Waals surface area contributed by atoms with Crippen LogP contribution in [0, 0.1) is 0 Å². The van der Waals surface area contributed by atoms with Crippen molar-refractivity contribution in [1.82, 2.24) is 0 Å². The van der Waals surface area contributed by atoms with Crippen LogP contribution in [0.4, 0.5) is 5.69 Å². The summed E-state index contributed by atoms with van der Waals surface area (Å²) in [7, 11) is 1.67. The van der Waals surface area contributed by atoms with Crippen molar-refractivity contribution in [3.63, 3.8) is 0 Å². The number of methoxy groups -OCH3 is 1. The predicted molar refractivity (Wildman–Crippen MR) is 74.7 cm³/mol. The van der Waals surface area contributed by atoms with Crippen LogP contribution in [-0.2, 0) is 13.1 Å². The minimum Gasteiger partial charge on any atom is -0.497 e. The Morgan fingerprint density at radius 2 is 1.78 bits per heavy atom. The topological polar surface area (TPSA) is 47.3 Å². The van der Waals surface area contributed by atoms with E-state index in [1.807, 2.05) is 36.4 Å². The molecule has 0 aliphatic rings. The SMILES string of the molecule is COc1ccc(NCc2cccc(CN)c2)cc1. The van der Waals surface area contributed by atoms with Crippen molar-refractivity contribution < 1.29 is 4.74 Å². The zero-order valence-corrected chi connectivity index (χ0v) is 10.5. The first kappa shape index (κ1) is 12.5. The second kappa shape index (κ2) is 6.07. The molecule has 0 aliphatic heterocycles. The summed E-state index contributed by atoms with van der Waals surface area (Å²) in [4.78, 5) is 0. The van der Waals surface area contributed by atoms with Crippen LogP contribution in [0.5, 0.6) is 5.75 Å². The minimum absolute atomic E-state index is 0.580. The highest BCUT2D eigenvalue weighted by atomic mass is 16.5. The van der Waals surface area contributed by atoms with Crippen molar-refractivity contribution >= 4 is 5.69 Å². The summed E-state index contributed by atoms with van der Waals surface area (Å²) >= 11 is 0. The Bertz CT molecular complexity index is 494. The molecule has 0 atom stereocenters. The Morgan fingerprint density at radius 1 is 1.06 bits per heavy atom.